The Hall–Kier alpha value is -1.97. The van der Waals surface area contributed by atoms with Crippen molar-refractivity contribution in [1.82, 2.24) is 9.88 Å². The molecule has 1 aliphatic carbocycles. The highest BCUT2D eigenvalue weighted by atomic mass is 16.5. The number of amides is 1. The van der Waals surface area contributed by atoms with Crippen molar-refractivity contribution in [2.24, 2.45) is 5.92 Å². The number of rotatable bonds is 5. The van der Waals surface area contributed by atoms with Gasteiger partial charge in [0.05, 0.1) is 7.11 Å². The maximum atomic E-state index is 11.9. The number of hydrogen-bond acceptors (Lipinski definition) is 2. The van der Waals surface area contributed by atoms with Gasteiger partial charge in [-0.05, 0) is 62.3 Å². The van der Waals surface area contributed by atoms with Crippen LogP contribution in [0.5, 0.6) is 5.75 Å². The van der Waals surface area contributed by atoms with Gasteiger partial charge in [0.25, 0.3) is 0 Å². The van der Waals surface area contributed by atoms with Crippen molar-refractivity contribution < 1.29 is 9.53 Å². The summed E-state index contributed by atoms with van der Waals surface area (Å²) in [5.74, 6) is 1.43. The van der Waals surface area contributed by atoms with Gasteiger partial charge in [-0.3, -0.25) is 4.79 Å². The fourth-order valence-corrected chi connectivity index (χ4v) is 3.77. The number of carbonyl (C=O) groups is 1. The van der Waals surface area contributed by atoms with Crippen molar-refractivity contribution in [3.8, 4) is 5.75 Å². The van der Waals surface area contributed by atoms with Crippen LogP contribution in [0.4, 0.5) is 0 Å². The predicted molar refractivity (Wildman–Crippen MR) is 90.9 cm³/mol. The zero-order valence-electron chi connectivity index (χ0n) is 13.7. The zero-order valence-corrected chi connectivity index (χ0v) is 13.7. The van der Waals surface area contributed by atoms with Crippen molar-refractivity contribution in [2.45, 2.75) is 45.1 Å². The Bertz CT molecular complexity index is 743. The van der Waals surface area contributed by atoms with Gasteiger partial charge in [0.1, 0.15) is 5.75 Å². The van der Waals surface area contributed by atoms with E-state index in [1.807, 2.05) is 6.07 Å². The lowest BCUT2D eigenvalue weighted by molar-refractivity contribution is -0.122. The second kappa shape index (κ2) is 5.91. The van der Waals surface area contributed by atoms with Crippen LogP contribution in [0.15, 0.2) is 18.2 Å². The highest BCUT2D eigenvalue weighted by Gasteiger charge is 2.29. The molecule has 4 heteroatoms. The molecular weight excluding hydrogens is 288 g/mol. The van der Waals surface area contributed by atoms with Crippen LogP contribution in [0.3, 0.4) is 0 Å². The van der Waals surface area contributed by atoms with E-state index in [0.717, 1.165) is 44.5 Å². The maximum Gasteiger partial charge on any atom is 0.223 e. The smallest absolute Gasteiger partial charge is 0.223 e. The molecule has 0 spiro atoms. The Balaban J connectivity index is 1.64. The molecule has 0 unspecified atom stereocenters. The largest absolute Gasteiger partial charge is 0.497 e. The van der Waals surface area contributed by atoms with Crippen LogP contribution in [-0.4, -0.2) is 24.1 Å². The fraction of sp³-hybridized carbons (Fsp3) is 0.526. The molecule has 0 atom stereocenters. The third-order valence-electron chi connectivity index (χ3n) is 5.16. The Morgan fingerprint density at radius 1 is 1.35 bits per heavy atom. The van der Waals surface area contributed by atoms with Gasteiger partial charge in [0.15, 0.2) is 0 Å². The molecule has 1 aromatic carbocycles. The van der Waals surface area contributed by atoms with Crippen LogP contribution in [0, 0.1) is 5.92 Å². The summed E-state index contributed by atoms with van der Waals surface area (Å²) in [5, 5.41) is 4.40. The molecule has 23 heavy (non-hydrogen) atoms. The minimum Gasteiger partial charge on any atom is -0.497 e. The van der Waals surface area contributed by atoms with E-state index in [0.29, 0.717) is 0 Å². The summed E-state index contributed by atoms with van der Waals surface area (Å²) in [5.41, 5.74) is 4.17. The topological polar surface area (TPSA) is 43.3 Å². The SMILES string of the molecule is COc1ccc2c(c1)c(CCNC(=O)C1CC1)c1n2CCCC1. The first-order chi connectivity index (χ1) is 11.3. The predicted octanol–water partition coefficient (Wildman–Crippen LogP) is 3.05. The number of hydrogen-bond donors (Lipinski definition) is 1. The van der Waals surface area contributed by atoms with E-state index in [-0.39, 0.29) is 11.8 Å². The molecule has 2 aromatic rings. The first-order valence-electron chi connectivity index (χ1n) is 8.73. The average molecular weight is 312 g/mol. The highest BCUT2D eigenvalue weighted by molar-refractivity contribution is 5.87. The second-order valence-corrected chi connectivity index (χ2v) is 6.73. The molecule has 1 aliphatic heterocycles. The van der Waals surface area contributed by atoms with Crippen molar-refractivity contribution in [3.63, 3.8) is 0 Å². The van der Waals surface area contributed by atoms with Crippen LogP contribution >= 0.6 is 0 Å². The zero-order chi connectivity index (χ0) is 15.8. The summed E-state index contributed by atoms with van der Waals surface area (Å²) >= 11 is 0. The first kappa shape index (κ1) is 14.6. The van der Waals surface area contributed by atoms with Crippen LogP contribution in [0.25, 0.3) is 10.9 Å². The first-order valence-corrected chi connectivity index (χ1v) is 8.73. The quantitative estimate of drug-likeness (QED) is 0.922. The Morgan fingerprint density at radius 3 is 3.00 bits per heavy atom. The van der Waals surface area contributed by atoms with Crippen LogP contribution < -0.4 is 10.1 Å². The third-order valence-corrected chi connectivity index (χ3v) is 5.16. The number of nitrogens with zero attached hydrogens (tertiary/aromatic N) is 1. The fourth-order valence-electron chi connectivity index (χ4n) is 3.77. The summed E-state index contributed by atoms with van der Waals surface area (Å²) in [7, 11) is 1.71. The van der Waals surface area contributed by atoms with Crippen LogP contribution in [0.1, 0.15) is 36.9 Å². The molecule has 1 fully saturated rings. The number of nitrogens with one attached hydrogen (secondary N) is 1. The molecule has 122 valence electrons. The second-order valence-electron chi connectivity index (χ2n) is 6.73. The van der Waals surface area contributed by atoms with E-state index >= 15 is 0 Å². The molecule has 1 amide bonds. The van der Waals surface area contributed by atoms with Crippen molar-refractivity contribution in [3.05, 3.63) is 29.5 Å². The van der Waals surface area contributed by atoms with E-state index in [2.05, 4.69) is 22.0 Å². The van der Waals surface area contributed by atoms with Gasteiger partial charge < -0.3 is 14.6 Å². The van der Waals surface area contributed by atoms with E-state index in [9.17, 15) is 4.79 Å². The Labute approximate surface area is 136 Å². The van der Waals surface area contributed by atoms with Gasteiger partial charge in [0.2, 0.25) is 5.91 Å². The summed E-state index contributed by atoms with van der Waals surface area (Å²) in [6.07, 6.45) is 6.68. The summed E-state index contributed by atoms with van der Waals surface area (Å²) < 4.78 is 7.88. The molecule has 1 saturated carbocycles. The van der Waals surface area contributed by atoms with Crippen LogP contribution in [0.2, 0.25) is 0 Å². The van der Waals surface area contributed by atoms with Gasteiger partial charge in [-0.1, -0.05) is 0 Å². The highest BCUT2D eigenvalue weighted by Crippen LogP contribution is 2.33. The van der Waals surface area contributed by atoms with Gasteiger partial charge in [-0.25, -0.2) is 0 Å². The molecule has 1 aromatic heterocycles. The number of ether oxygens (including phenoxy) is 1. The molecule has 0 radical (unpaired) electrons. The standard InChI is InChI=1S/C19H24N2O2/c1-23-14-7-8-18-16(12-14)15(17-4-2-3-11-21(17)18)9-10-20-19(22)13-5-6-13/h7-8,12-13H,2-6,9-11H2,1H3,(H,20,22). The van der Waals surface area contributed by atoms with Gasteiger partial charge >= 0.3 is 0 Å². The maximum absolute atomic E-state index is 11.9. The average Bonchev–Trinajstić information content (AvgIpc) is 3.39. The number of aromatic nitrogens is 1. The summed E-state index contributed by atoms with van der Waals surface area (Å²) in [6.45, 7) is 1.84. The van der Waals surface area contributed by atoms with E-state index in [1.54, 1.807) is 7.11 Å². The van der Waals surface area contributed by atoms with Crippen molar-refractivity contribution in [1.29, 1.82) is 0 Å². The third kappa shape index (κ3) is 2.71. The molecule has 4 rings (SSSR count). The number of carbonyl (C=O) groups excluding carboxylic acids is 1. The van der Waals surface area contributed by atoms with Crippen molar-refractivity contribution >= 4 is 16.8 Å². The number of aryl methyl sites for hydroxylation is 1. The van der Waals surface area contributed by atoms with Crippen LogP contribution in [-0.2, 0) is 24.2 Å². The van der Waals surface area contributed by atoms with Gasteiger partial charge in [-0.15, -0.1) is 0 Å². The monoisotopic (exact) mass is 312 g/mol. The van der Waals surface area contributed by atoms with Gasteiger partial charge in [-0.2, -0.15) is 0 Å². The lowest BCUT2D eigenvalue weighted by Crippen LogP contribution is -2.27. The van der Waals surface area contributed by atoms with E-state index in [1.165, 1.54) is 35.0 Å². The van der Waals surface area contributed by atoms with E-state index < -0.39 is 0 Å². The normalized spacial score (nSPS) is 17.1. The summed E-state index contributed by atoms with van der Waals surface area (Å²) in [4.78, 5) is 11.9. The molecule has 2 heterocycles. The van der Waals surface area contributed by atoms with E-state index in [4.69, 9.17) is 4.74 Å². The molecular formula is C19H24N2O2. The minimum absolute atomic E-state index is 0.236. The summed E-state index contributed by atoms with van der Waals surface area (Å²) in [6, 6.07) is 6.37. The van der Waals surface area contributed by atoms with Gasteiger partial charge in [0, 0.05) is 35.6 Å². The molecule has 4 nitrogen and oxygen atoms in total. The Kier molecular flexibility index (Phi) is 3.76. The molecule has 1 N–H and O–H groups in total. The van der Waals surface area contributed by atoms with Crippen molar-refractivity contribution in [2.75, 3.05) is 13.7 Å². The lowest BCUT2D eigenvalue weighted by Gasteiger charge is -2.17. The number of benzene rings is 1. The molecule has 2 aliphatic rings. The lowest BCUT2D eigenvalue weighted by atomic mass is 10.0. The molecule has 0 saturated heterocycles. The number of fused-ring (bicyclic) bond motifs is 3. The molecule has 0 bridgehead atoms. The minimum atomic E-state index is 0.236. The number of methoxy groups -OCH3 is 1. The Morgan fingerprint density at radius 2 is 2.22 bits per heavy atom.